The molecular weight excluding hydrogens is 346 g/mol. The molecule has 3 rings (SSSR count). The summed E-state index contributed by atoms with van der Waals surface area (Å²) in [6, 6.07) is 19.1. The van der Waals surface area contributed by atoms with Crippen molar-refractivity contribution in [1.29, 1.82) is 0 Å². The molecule has 0 bridgehead atoms. The van der Waals surface area contributed by atoms with Crippen molar-refractivity contribution in [1.82, 2.24) is 9.97 Å². The molecule has 1 amide bonds. The summed E-state index contributed by atoms with van der Waals surface area (Å²) < 4.78 is 5.11. The Balaban J connectivity index is 1.63. The molecule has 1 heterocycles. The lowest BCUT2D eigenvalue weighted by molar-refractivity contribution is -0.113. The van der Waals surface area contributed by atoms with Gasteiger partial charge in [-0.15, -0.1) is 0 Å². The number of amides is 1. The molecular formula is C20H19N3O2S. The SMILES string of the molecule is COc1ccc(NC(=O)CSc2cc(-c3ccccc3)nc(C)n2)cc1. The van der Waals surface area contributed by atoms with Gasteiger partial charge in [0.15, 0.2) is 0 Å². The summed E-state index contributed by atoms with van der Waals surface area (Å²) in [4.78, 5) is 21.1. The van der Waals surface area contributed by atoms with Crippen molar-refractivity contribution in [3.05, 3.63) is 66.5 Å². The number of benzene rings is 2. The third-order valence-corrected chi connectivity index (χ3v) is 4.52. The lowest BCUT2D eigenvalue weighted by Gasteiger charge is -2.08. The Morgan fingerprint density at radius 1 is 1.08 bits per heavy atom. The van der Waals surface area contributed by atoms with Gasteiger partial charge < -0.3 is 10.1 Å². The molecule has 0 spiro atoms. The van der Waals surface area contributed by atoms with Gasteiger partial charge in [-0.3, -0.25) is 4.79 Å². The molecule has 132 valence electrons. The molecule has 26 heavy (non-hydrogen) atoms. The molecule has 0 fully saturated rings. The quantitative estimate of drug-likeness (QED) is 0.524. The van der Waals surface area contributed by atoms with E-state index in [4.69, 9.17) is 4.74 Å². The average Bonchev–Trinajstić information content (AvgIpc) is 2.67. The summed E-state index contributed by atoms with van der Waals surface area (Å²) in [6.07, 6.45) is 0. The average molecular weight is 365 g/mol. The normalized spacial score (nSPS) is 10.4. The van der Waals surface area contributed by atoms with Crippen molar-refractivity contribution in [3.63, 3.8) is 0 Å². The number of ether oxygens (including phenoxy) is 1. The fourth-order valence-electron chi connectivity index (χ4n) is 2.38. The van der Waals surface area contributed by atoms with Crippen molar-refractivity contribution in [2.45, 2.75) is 11.9 Å². The number of carbonyl (C=O) groups is 1. The highest BCUT2D eigenvalue weighted by atomic mass is 32.2. The van der Waals surface area contributed by atoms with Crippen LogP contribution in [-0.2, 0) is 4.79 Å². The van der Waals surface area contributed by atoms with E-state index in [1.54, 1.807) is 7.11 Å². The minimum atomic E-state index is -0.0855. The standard InChI is InChI=1S/C20H19N3O2S/c1-14-21-18(15-6-4-3-5-7-15)12-20(22-14)26-13-19(24)23-16-8-10-17(25-2)11-9-16/h3-12H,13H2,1-2H3,(H,23,24). The molecule has 1 aromatic heterocycles. The number of nitrogens with zero attached hydrogens (tertiary/aromatic N) is 2. The first kappa shape index (κ1) is 17.9. The number of hydrogen-bond acceptors (Lipinski definition) is 5. The van der Waals surface area contributed by atoms with Crippen LogP contribution < -0.4 is 10.1 Å². The van der Waals surface area contributed by atoms with Crippen LogP contribution >= 0.6 is 11.8 Å². The van der Waals surface area contributed by atoms with Crippen LogP contribution in [0.4, 0.5) is 5.69 Å². The molecule has 1 N–H and O–H groups in total. The Hall–Kier alpha value is -2.86. The van der Waals surface area contributed by atoms with Crippen molar-refractivity contribution in [2.24, 2.45) is 0 Å². The van der Waals surface area contributed by atoms with Gasteiger partial charge in [-0.2, -0.15) is 0 Å². The maximum Gasteiger partial charge on any atom is 0.234 e. The predicted octanol–water partition coefficient (Wildman–Crippen LogP) is 4.19. The Morgan fingerprint density at radius 2 is 1.81 bits per heavy atom. The Kier molecular flexibility index (Phi) is 5.86. The second-order valence-electron chi connectivity index (χ2n) is 5.57. The number of nitrogens with one attached hydrogen (secondary N) is 1. The first-order valence-electron chi connectivity index (χ1n) is 8.12. The van der Waals surface area contributed by atoms with Crippen molar-refractivity contribution in [3.8, 4) is 17.0 Å². The zero-order chi connectivity index (χ0) is 18.4. The minimum Gasteiger partial charge on any atom is -0.497 e. The van der Waals surface area contributed by atoms with Crippen molar-refractivity contribution >= 4 is 23.4 Å². The summed E-state index contributed by atoms with van der Waals surface area (Å²) in [6.45, 7) is 1.86. The van der Waals surface area contributed by atoms with E-state index >= 15 is 0 Å². The number of thioether (sulfide) groups is 1. The van der Waals surface area contributed by atoms with Crippen molar-refractivity contribution in [2.75, 3.05) is 18.2 Å². The number of rotatable bonds is 6. The second-order valence-corrected chi connectivity index (χ2v) is 6.57. The lowest BCUT2D eigenvalue weighted by Crippen LogP contribution is -2.14. The summed E-state index contributed by atoms with van der Waals surface area (Å²) in [7, 11) is 1.61. The monoisotopic (exact) mass is 365 g/mol. The topological polar surface area (TPSA) is 64.1 Å². The first-order chi connectivity index (χ1) is 12.6. The Morgan fingerprint density at radius 3 is 2.50 bits per heavy atom. The summed E-state index contributed by atoms with van der Waals surface area (Å²) in [5, 5.41) is 3.64. The number of aromatic nitrogens is 2. The molecule has 5 nitrogen and oxygen atoms in total. The van der Waals surface area contributed by atoms with Crippen LogP contribution in [0.5, 0.6) is 5.75 Å². The van der Waals surface area contributed by atoms with E-state index in [0.29, 0.717) is 5.82 Å². The van der Waals surface area contributed by atoms with Gasteiger partial charge in [-0.1, -0.05) is 42.1 Å². The fourth-order valence-corrected chi connectivity index (χ4v) is 3.12. The first-order valence-corrected chi connectivity index (χ1v) is 9.10. The van der Waals surface area contributed by atoms with E-state index in [1.165, 1.54) is 11.8 Å². The van der Waals surface area contributed by atoms with Crippen LogP contribution in [0.1, 0.15) is 5.82 Å². The van der Waals surface area contributed by atoms with Gasteiger partial charge in [0.2, 0.25) is 5.91 Å². The van der Waals surface area contributed by atoms with E-state index < -0.39 is 0 Å². The molecule has 0 saturated carbocycles. The van der Waals surface area contributed by atoms with Crippen LogP contribution in [-0.4, -0.2) is 28.7 Å². The van der Waals surface area contributed by atoms with Crippen LogP contribution in [0.15, 0.2) is 65.7 Å². The van der Waals surface area contributed by atoms with E-state index in [0.717, 1.165) is 27.7 Å². The third kappa shape index (κ3) is 4.83. The summed E-state index contributed by atoms with van der Waals surface area (Å²) in [5.41, 5.74) is 2.62. The Labute approximate surface area is 156 Å². The number of carbonyl (C=O) groups excluding carboxylic acids is 1. The fraction of sp³-hybridized carbons (Fsp3) is 0.150. The molecule has 0 aliphatic rings. The van der Waals surface area contributed by atoms with Crippen LogP contribution in [0.2, 0.25) is 0 Å². The van der Waals surface area contributed by atoms with Gasteiger partial charge in [0.1, 0.15) is 16.6 Å². The van der Waals surface area contributed by atoms with Crippen LogP contribution in [0.3, 0.4) is 0 Å². The van der Waals surface area contributed by atoms with E-state index in [1.807, 2.05) is 67.6 Å². The molecule has 0 aliphatic carbocycles. The summed E-state index contributed by atoms with van der Waals surface area (Å²) in [5.74, 6) is 1.63. The van der Waals surface area contributed by atoms with Crippen LogP contribution in [0, 0.1) is 6.92 Å². The third-order valence-electron chi connectivity index (χ3n) is 3.61. The maximum absolute atomic E-state index is 12.2. The predicted molar refractivity (Wildman–Crippen MR) is 105 cm³/mol. The van der Waals surface area contributed by atoms with E-state index in [9.17, 15) is 4.79 Å². The molecule has 2 aromatic carbocycles. The molecule has 0 unspecified atom stereocenters. The number of methoxy groups -OCH3 is 1. The van der Waals surface area contributed by atoms with Crippen LogP contribution in [0.25, 0.3) is 11.3 Å². The molecule has 6 heteroatoms. The highest BCUT2D eigenvalue weighted by molar-refractivity contribution is 7.99. The minimum absolute atomic E-state index is 0.0855. The molecule has 0 atom stereocenters. The van der Waals surface area contributed by atoms with Gasteiger partial charge in [-0.05, 0) is 37.3 Å². The highest BCUT2D eigenvalue weighted by Gasteiger charge is 2.08. The summed E-state index contributed by atoms with van der Waals surface area (Å²) >= 11 is 1.39. The van der Waals surface area contributed by atoms with Gasteiger partial charge in [-0.25, -0.2) is 9.97 Å². The van der Waals surface area contributed by atoms with Gasteiger partial charge in [0.05, 0.1) is 18.6 Å². The Bertz CT molecular complexity index is 883. The number of aryl methyl sites for hydroxylation is 1. The molecule has 0 aliphatic heterocycles. The molecule has 3 aromatic rings. The lowest BCUT2D eigenvalue weighted by atomic mass is 10.1. The molecule has 0 radical (unpaired) electrons. The largest absolute Gasteiger partial charge is 0.497 e. The van der Waals surface area contributed by atoms with Crippen molar-refractivity contribution < 1.29 is 9.53 Å². The smallest absolute Gasteiger partial charge is 0.234 e. The zero-order valence-electron chi connectivity index (χ0n) is 14.6. The molecule has 0 saturated heterocycles. The number of hydrogen-bond donors (Lipinski definition) is 1. The van der Waals surface area contributed by atoms with E-state index in [-0.39, 0.29) is 11.7 Å². The number of anilines is 1. The van der Waals surface area contributed by atoms with Gasteiger partial charge >= 0.3 is 0 Å². The van der Waals surface area contributed by atoms with E-state index in [2.05, 4.69) is 15.3 Å². The second kappa shape index (κ2) is 8.49. The highest BCUT2D eigenvalue weighted by Crippen LogP contribution is 2.23. The zero-order valence-corrected chi connectivity index (χ0v) is 15.4. The van der Waals surface area contributed by atoms with Gasteiger partial charge in [0.25, 0.3) is 0 Å². The van der Waals surface area contributed by atoms with Gasteiger partial charge in [0, 0.05) is 11.3 Å². The maximum atomic E-state index is 12.2.